The summed E-state index contributed by atoms with van der Waals surface area (Å²) in [5.41, 5.74) is 2.33. The van der Waals surface area contributed by atoms with Gasteiger partial charge in [-0.05, 0) is 36.8 Å². The van der Waals surface area contributed by atoms with E-state index in [2.05, 4.69) is 24.3 Å². The van der Waals surface area contributed by atoms with Gasteiger partial charge in [0.1, 0.15) is 12.1 Å². The van der Waals surface area contributed by atoms with E-state index in [1.165, 1.54) is 12.7 Å². The number of methoxy groups -OCH3 is 1. The molecule has 1 unspecified atom stereocenters. The fourth-order valence-corrected chi connectivity index (χ4v) is 4.73. The number of carbonyl (C=O) groups is 3. The molecule has 3 aliphatic rings. The number of allylic oxidation sites excluding steroid dienone is 1. The van der Waals surface area contributed by atoms with E-state index in [1.807, 2.05) is 12.1 Å². The zero-order chi connectivity index (χ0) is 19.7. The van der Waals surface area contributed by atoms with Crippen molar-refractivity contribution in [1.82, 2.24) is 9.80 Å². The predicted octanol–water partition coefficient (Wildman–Crippen LogP) is 2.34. The Morgan fingerprint density at radius 3 is 2.54 bits per heavy atom. The number of esters is 1. The largest absolute Gasteiger partial charge is 0.467 e. The Bertz CT molecular complexity index is 819. The molecule has 0 saturated carbocycles. The molecule has 6 heteroatoms. The van der Waals surface area contributed by atoms with Gasteiger partial charge in [0.05, 0.1) is 7.11 Å². The van der Waals surface area contributed by atoms with Crippen molar-refractivity contribution in [2.45, 2.75) is 50.1 Å². The van der Waals surface area contributed by atoms with Gasteiger partial charge in [-0.1, -0.05) is 36.4 Å². The molecule has 0 aromatic heterocycles. The number of ether oxygens (including phenoxy) is 1. The molecular formula is C22H26N2O4. The van der Waals surface area contributed by atoms with Gasteiger partial charge in [-0.2, -0.15) is 0 Å². The zero-order valence-corrected chi connectivity index (χ0v) is 16.2. The molecule has 2 fully saturated rings. The molecule has 2 heterocycles. The van der Waals surface area contributed by atoms with E-state index in [0.29, 0.717) is 32.4 Å². The second-order valence-corrected chi connectivity index (χ2v) is 7.76. The minimum absolute atomic E-state index is 0.0102. The lowest BCUT2D eigenvalue weighted by atomic mass is 9.97. The molecule has 2 saturated heterocycles. The summed E-state index contributed by atoms with van der Waals surface area (Å²) in [4.78, 5) is 41.5. The minimum atomic E-state index is -0.514. The van der Waals surface area contributed by atoms with Crippen molar-refractivity contribution in [3.05, 3.63) is 41.5 Å². The van der Waals surface area contributed by atoms with E-state index in [1.54, 1.807) is 9.80 Å². The second kappa shape index (κ2) is 7.78. The first-order valence-corrected chi connectivity index (χ1v) is 10.0. The molecule has 0 spiro atoms. The highest BCUT2D eigenvalue weighted by Crippen LogP contribution is 2.34. The van der Waals surface area contributed by atoms with E-state index < -0.39 is 12.1 Å². The van der Waals surface area contributed by atoms with Crippen LogP contribution in [0.1, 0.15) is 49.1 Å². The zero-order valence-electron chi connectivity index (χ0n) is 16.2. The van der Waals surface area contributed by atoms with Gasteiger partial charge in [0.25, 0.3) is 0 Å². The fourth-order valence-electron chi connectivity index (χ4n) is 4.73. The Morgan fingerprint density at radius 2 is 1.75 bits per heavy atom. The predicted molar refractivity (Wildman–Crippen MR) is 104 cm³/mol. The van der Waals surface area contributed by atoms with Gasteiger partial charge in [-0.15, -0.1) is 0 Å². The van der Waals surface area contributed by atoms with Gasteiger partial charge in [0.15, 0.2) is 0 Å². The third-order valence-corrected chi connectivity index (χ3v) is 6.17. The second-order valence-electron chi connectivity index (χ2n) is 7.76. The van der Waals surface area contributed by atoms with E-state index >= 15 is 0 Å². The molecule has 1 aromatic carbocycles. The number of rotatable bonds is 4. The van der Waals surface area contributed by atoms with Gasteiger partial charge in [0, 0.05) is 25.4 Å². The maximum atomic E-state index is 13.1. The van der Waals surface area contributed by atoms with E-state index in [4.69, 9.17) is 4.74 Å². The maximum Gasteiger partial charge on any atom is 0.328 e. The van der Waals surface area contributed by atoms with E-state index in [0.717, 1.165) is 18.4 Å². The van der Waals surface area contributed by atoms with Crippen molar-refractivity contribution in [3.8, 4) is 0 Å². The van der Waals surface area contributed by atoms with Crippen molar-refractivity contribution in [2.24, 2.45) is 0 Å². The molecule has 1 aliphatic carbocycles. The molecule has 28 heavy (non-hydrogen) atoms. The SMILES string of the molecule is COC(=O)[C@@H]1CCCN1C(=O)[C@@H]1CCCN1C(=O)CC1C=Cc2ccccc21. The van der Waals surface area contributed by atoms with Crippen molar-refractivity contribution in [1.29, 1.82) is 0 Å². The third-order valence-electron chi connectivity index (χ3n) is 6.17. The van der Waals surface area contributed by atoms with Crippen LogP contribution in [0.15, 0.2) is 30.3 Å². The van der Waals surface area contributed by atoms with Crippen LogP contribution in [0.5, 0.6) is 0 Å². The number of hydrogen-bond acceptors (Lipinski definition) is 4. The van der Waals surface area contributed by atoms with Crippen LogP contribution in [-0.4, -0.2) is 59.9 Å². The summed E-state index contributed by atoms with van der Waals surface area (Å²) in [7, 11) is 1.35. The van der Waals surface area contributed by atoms with Crippen LogP contribution in [0.2, 0.25) is 0 Å². The van der Waals surface area contributed by atoms with Crippen molar-refractivity contribution in [2.75, 3.05) is 20.2 Å². The Balaban J connectivity index is 1.45. The summed E-state index contributed by atoms with van der Waals surface area (Å²) in [6.45, 7) is 1.15. The first-order chi connectivity index (χ1) is 13.6. The summed E-state index contributed by atoms with van der Waals surface area (Å²) in [5.74, 6) is -0.402. The van der Waals surface area contributed by atoms with Crippen LogP contribution in [0, 0.1) is 0 Å². The minimum Gasteiger partial charge on any atom is -0.467 e. The first kappa shape index (κ1) is 18.7. The van der Waals surface area contributed by atoms with Crippen LogP contribution in [-0.2, 0) is 19.1 Å². The summed E-state index contributed by atoms with van der Waals surface area (Å²) < 4.78 is 4.85. The number of amides is 2. The molecule has 6 nitrogen and oxygen atoms in total. The lowest BCUT2D eigenvalue weighted by Crippen LogP contribution is -2.51. The molecule has 148 valence electrons. The summed E-state index contributed by atoms with van der Waals surface area (Å²) >= 11 is 0. The third kappa shape index (κ3) is 3.32. The molecule has 3 atom stereocenters. The number of hydrogen-bond donors (Lipinski definition) is 0. The van der Waals surface area contributed by atoms with Crippen molar-refractivity contribution >= 4 is 23.9 Å². The quantitative estimate of drug-likeness (QED) is 0.750. The van der Waals surface area contributed by atoms with Gasteiger partial charge in [-0.3, -0.25) is 9.59 Å². The van der Waals surface area contributed by atoms with Crippen molar-refractivity contribution < 1.29 is 19.1 Å². The average molecular weight is 382 g/mol. The molecule has 4 rings (SSSR count). The van der Waals surface area contributed by atoms with Gasteiger partial charge in [-0.25, -0.2) is 4.79 Å². The number of nitrogens with zero attached hydrogens (tertiary/aromatic N) is 2. The Morgan fingerprint density at radius 1 is 1.04 bits per heavy atom. The Hall–Kier alpha value is -2.63. The molecule has 0 bridgehead atoms. The molecule has 0 radical (unpaired) electrons. The maximum absolute atomic E-state index is 13.1. The summed E-state index contributed by atoms with van der Waals surface area (Å²) in [5, 5.41) is 0. The Labute approximate surface area is 165 Å². The van der Waals surface area contributed by atoms with Crippen LogP contribution >= 0.6 is 0 Å². The Kier molecular flexibility index (Phi) is 5.20. The van der Waals surface area contributed by atoms with E-state index in [9.17, 15) is 14.4 Å². The normalized spacial score (nSPS) is 25.8. The first-order valence-electron chi connectivity index (χ1n) is 10.0. The molecule has 1 aromatic rings. The topological polar surface area (TPSA) is 66.9 Å². The van der Waals surface area contributed by atoms with Crippen LogP contribution < -0.4 is 0 Å². The van der Waals surface area contributed by atoms with Crippen molar-refractivity contribution in [3.63, 3.8) is 0 Å². The number of likely N-dealkylation sites (tertiary alicyclic amines) is 2. The molecule has 2 aliphatic heterocycles. The van der Waals surface area contributed by atoms with Crippen LogP contribution in [0.3, 0.4) is 0 Å². The van der Waals surface area contributed by atoms with Gasteiger partial charge >= 0.3 is 5.97 Å². The highest BCUT2D eigenvalue weighted by molar-refractivity contribution is 5.92. The summed E-state index contributed by atoms with van der Waals surface area (Å²) in [6.07, 6.45) is 7.40. The monoisotopic (exact) mass is 382 g/mol. The molecular weight excluding hydrogens is 356 g/mol. The summed E-state index contributed by atoms with van der Waals surface area (Å²) in [6, 6.07) is 7.13. The highest BCUT2D eigenvalue weighted by Gasteiger charge is 2.42. The number of fused-ring (bicyclic) bond motifs is 1. The fraction of sp³-hybridized carbons (Fsp3) is 0.500. The van der Waals surface area contributed by atoms with Gasteiger partial charge in [0.2, 0.25) is 11.8 Å². The van der Waals surface area contributed by atoms with Crippen LogP contribution in [0.4, 0.5) is 0 Å². The number of benzene rings is 1. The average Bonchev–Trinajstić information content (AvgIpc) is 3.46. The molecule has 0 N–H and O–H groups in total. The number of carbonyl (C=O) groups excluding carboxylic acids is 3. The lowest BCUT2D eigenvalue weighted by Gasteiger charge is -2.31. The smallest absolute Gasteiger partial charge is 0.328 e. The standard InChI is InChI=1S/C22H26N2O4/c1-28-22(27)19-9-5-13-24(19)21(26)18-8-4-12-23(18)20(25)14-16-11-10-15-6-2-3-7-17(15)16/h2-3,6-7,10-11,16,18-19H,4-5,8-9,12-14H2,1H3/t16?,18-,19-/m0/s1. The van der Waals surface area contributed by atoms with Gasteiger partial charge < -0.3 is 14.5 Å². The molecule has 2 amide bonds. The highest BCUT2D eigenvalue weighted by atomic mass is 16.5. The lowest BCUT2D eigenvalue weighted by molar-refractivity contribution is -0.153. The van der Waals surface area contributed by atoms with Crippen LogP contribution in [0.25, 0.3) is 6.08 Å². The van der Waals surface area contributed by atoms with E-state index in [-0.39, 0.29) is 23.7 Å².